The molecule has 34 heavy (non-hydrogen) atoms. The number of nitrogens with one attached hydrogen (secondary N) is 1. The molecule has 10 nitrogen and oxygen atoms in total. The second kappa shape index (κ2) is 9.41. The van der Waals surface area contributed by atoms with Gasteiger partial charge in [-0.3, -0.25) is 19.3 Å². The minimum atomic E-state index is -0.786. The summed E-state index contributed by atoms with van der Waals surface area (Å²) in [5.41, 5.74) is 5.97. The van der Waals surface area contributed by atoms with E-state index in [0.717, 1.165) is 12.8 Å². The number of fused-ring (bicyclic) bond motifs is 1. The lowest BCUT2D eigenvalue weighted by Gasteiger charge is -2.48. The molecule has 0 spiro atoms. The van der Waals surface area contributed by atoms with Crippen LogP contribution in [-0.2, 0) is 28.7 Å². The molecule has 2 atom stereocenters. The maximum atomic E-state index is 13.1. The fourth-order valence-corrected chi connectivity index (χ4v) is 5.12. The number of carbonyl (C=O) groups excluding carboxylic acids is 4. The molecule has 2 amide bonds. The second-order valence-electron chi connectivity index (χ2n) is 9.19. The molecule has 3 aliphatic rings. The Bertz CT molecular complexity index is 1090. The molecule has 0 unspecified atom stereocenters. The highest BCUT2D eigenvalue weighted by Crippen LogP contribution is 2.39. The zero-order valence-corrected chi connectivity index (χ0v) is 20.7. The van der Waals surface area contributed by atoms with Crippen molar-refractivity contribution in [2.45, 2.75) is 45.0 Å². The Labute approximate surface area is 204 Å². The molecule has 1 aliphatic carbocycles. The predicted octanol–water partition coefficient (Wildman–Crippen LogP) is 1.89. The largest absolute Gasteiger partial charge is 0.427 e. The van der Waals surface area contributed by atoms with Crippen molar-refractivity contribution in [3.05, 3.63) is 28.9 Å². The van der Waals surface area contributed by atoms with Gasteiger partial charge in [0, 0.05) is 11.1 Å². The van der Waals surface area contributed by atoms with Crippen LogP contribution in [0.3, 0.4) is 0 Å². The summed E-state index contributed by atoms with van der Waals surface area (Å²) in [4.78, 5) is 55.8. The maximum Gasteiger partial charge on any atom is 0.357 e. The highest BCUT2D eigenvalue weighted by molar-refractivity contribution is 8.00. The lowest BCUT2D eigenvalue weighted by Crippen LogP contribution is -2.70. The summed E-state index contributed by atoms with van der Waals surface area (Å²) in [6, 6.07) is -0.786. The molecule has 3 heterocycles. The summed E-state index contributed by atoms with van der Waals surface area (Å²) >= 11 is 2.67. The number of β-lactam (4-membered cyclic amide) rings is 1. The number of thiazole rings is 1. The van der Waals surface area contributed by atoms with Crippen molar-refractivity contribution in [3.8, 4) is 0 Å². The number of aromatic nitrogens is 1. The van der Waals surface area contributed by atoms with Gasteiger partial charge in [0.2, 0.25) is 6.79 Å². The smallest absolute Gasteiger partial charge is 0.357 e. The second-order valence-corrected chi connectivity index (χ2v) is 11.2. The van der Waals surface area contributed by atoms with E-state index in [4.69, 9.17) is 15.2 Å². The van der Waals surface area contributed by atoms with Crippen LogP contribution < -0.4 is 11.1 Å². The third-order valence-corrected chi connectivity index (χ3v) is 7.26. The number of hydrogen-bond acceptors (Lipinski definition) is 10. The van der Waals surface area contributed by atoms with Crippen molar-refractivity contribution in [1.82, 2.24) is 15.2 Å². The minimum absolute atomic E-state index is 0.0760. The molecule has 1 saturated heterocycles. The fraction of sp³-hybridized carbons (Fsp3) is 0.500. The highest BCUT2D eigenvalue weighted by atomic mass is 32.2. The van der Waals surface area contributed by atoms with Crippen LogP contribution in [0.5, 0.6) is 0 Å². The number of esters is 2. The van der Waals surface area contributed by atoms with Gasteiger partial charge in [-0.25, -0.2) is 9.78 Å². The first-order chi connectivity index (χ1) is 16.1. The summed E-state index contributed by atoms with van der Waals surface area (Å²) in [6.07, 6.45) is 5.47. The van der Waals surface area contributed by atoms with Gasteiger partial charge in [-0.05, 0) is 45.6 Å². The average Bonchev–Trinajstić information content (AvgIpc) is 3.51. The van der Waals surface area contributed by atoms with E-state index in [0.29, 0.717) is 28.1 Å². The number of carbonyl (C=O) groups is 4. The molecule has 0 aromatic carbocycles. The molecule has 0 bridgehead atoms. The van der Waals surface area contributed by atoms with E-state index in [2.05, 4.69) is 10.3 Å². The van der Waals surface area contributed by atoms with Crippen LogP contribution in [0.2, 0.25) is 0 Å². The number of allylic oxidation sites excluding steroid dienone is 1. The standard InChI is InChI=1S/C22H26N4O6S2/c1-22(2,3)20(30)32-10-31-19(29)14-6-7-33-18-15(17(28)26(14)18)25-16(27)12(8-11-4-5-11)13-9-34-21(23)24-13/h6,8-9,11,15,18H,4-5,7,10H2,1-3H3,(H2,23,24)(H,25,27)/b12-8+/t15-,18-/m1/s1. The quantitative estimate of drug-likeness (QED) is 0.245. The third-order valence-electron chi connectivity index (χ3n) is 5.40. The minimum Gasteiger partial charge on any atom is -0.427 e. The number of nitrogens with zero attached hydrogens (tertiary/aromatic N) is 2. The SMILES string of the molecule is CC(C)(C)C(=O)OCOC(=O)C1=CCS[C@@H]2[C@H](NC(=O)/C(=C/C3CC3)c3csc(N)n3)C(=O)N12. The Morgan fingerprint density at radius 3 is 2.65 bits per heavy atom. The van der Waals surface area contributed by atoms with E-state index in [-0.39, 0.29) is 5.70 Å². The lowest BCUT2D eigenvalue weighted by atomic mass is 9.98. The van der Waals surface area contributed by atoms with Crippen molar-refractivity contribution in [2.24, 2.45) is 11.3 Å². The Balaban J connectivity index is 1.38. The van der Waals surface area contributed by atoms with Crippen LogP contribution in [0.15, 0.2) is 23.2 Å². The molecule has 3 N–H and O–H groups in total. The van der Waals surface area contributed by atoms with Gasteiger partial charge in [-0.15, -0.1) is 23.1 Å². The highest BCUT2D eigenvalue weighted by Gasteiger charge is 2.53. The molecule has 1 aromatic heterocycles. The Morgan fingerprint density at radius 2 is 2.03 bits per heavy atom. The van der Waals surface area contributed by atoms with Crippen LogP contribution in [0.4, 0.5) is 5.13 Å². The summed E-state index contributed by atoms with van der Waals surface area (Å²) in [5, 5.41) is 4.44. The first kappa shape index (κ1) is 24.3. The van der Waals surface area contributed by atoms with Crippen LogP contribution in [0.1, 0.15) is 39.3 Å². The number of rotatable bonds is 7. The van der Waals surface area contributed by atoms with Gasteiger partial charge in [0.05, 0.1) is 16.7 Å². The normalized spacial score (nSPS) is 22.3. The summed E-state index contributed by atoms with van der Waals surface area (Å²) < 4.78 is 10.0. The number of anilines is 1. The van der Waals surface area contributed by atoms with Gasteiger partial charge in [-0.1, -0.05) is 6.08 Å². The maximum absolute atomic E-state index is 13.1. The van der Waals surface area contributed by atoms with Crippen molar-refractivity contribution in [1.29, 1.82) is 0 Å². The molecule has 12 heteroatoms. The molecule has 2 aliphatic heterocycles. The number of nitrogens with two attached hydrogens (primary N) is 1. The summed E-state index contributed by atoms with van der Waals surface area (Å²) in [5.74, 6) is -1.31. The molecular weight excluding hydrogens is 480 g/mol. The Kier molecular flexibility index (Phi) is 6.72. The Morgan fingerprint density at radius 1 is 1.29 bits per heavy atom. The molecular formula is C22H26N4O6S2. The fourth-order valence-electron chi connectivity index (χ4n) is 3.36. The van der Waals surface area contributed by atoms with Crippen LogP contribution in [0.25, 0.3) is 5.57 Å². The van der Waals surface area contributed by atoms with Crippen LogP contribution >= 0.6 is 23.1 Å². The molecule has 182 valence electrons. The first-order valence-corrected chi connectivity index (χ1v) is 12.7. The number of amides is 2. The monoisotopic (exact) mass is 506 g/mol. The first-order valence-electron chi connectivity index (χ1n) is 10.8. The van der Waals surface area contributed by atoms with Gasteiger partial charge < -0.3 is 20.5 Å². The summed E-state index contributed by atoms with van der Waals surface area (Å²) in [7, 11) is 0. The van der Waals surface area contributed by atoms with Crippen molar-refractivity contribution >= 4 is 57.6 Å². The number of nitrogen functional groups attached to an aromatic ring is 1. The van der Waals surface area contributed by atoms with Gasteiger partial charge in [0.1, 0.15) is 17.1 Å². The predicted molar refractivity (Wildman–Crippen MR) is 127 cm³/mol. The van der Waals surface area contributed by atoms with E-state index in [1.165, 1.54) is 28.0 Å². The molecule has 4 rings (SSSR count). The van der Waals surface area contributed by atoms with Gasteiger partial charge in [-0.2, -0.15) is 0 Å². The van der Waals surface area contributed by atoms with E-state index < -0.39 is 47.4 Å². The van der Waals surface area contributed by atoms with Crippen LogP contribution in [-0.4, -0.2) is 57.6 Å². The summed E-state index contributed by atoms with van der Waals surface area (Å²) in [6.45, 7) is 4.51. The molecule has 0 radical (unpaired) electrons. The van der Waals surface area contributed by atoms with Gasteiger partial charge >= 0.3 is 11.9 Å². The van der Waals surface area contributed by atoms with Gasteiger partial charge in [0.15, 0.2) is 5.13 Å². The number of ether oxygens (including phenoxy) is 2. The topological polar surface area (TPSA) is 141 Å². The lowest BCUT2D eigenvalue weighted by molar-refractivity contribution is -0.173. The number of thioether (sulfide) groups is 1. The van der Waals surface area contributed by atoms with E-state index in [1.54, 1.807) is 32.2 Å². The Hall–Kier alpha value is -2.86. The molecule has 1 aromatic rings. The van der Waals surface area contributed by atoms with E-state index >= 15 is 0 Å². The van der Waals surface area contributed by atoms with Crippen molar-refractivity contribution in [2.75, 3.05) is 18.3 Å². The van der Waals surface area contributed by atoms with Crippen molar-refractivity contribution in [3.63, 3.8) is 0 Å². The van der Waals surface area contributed by atoms with Crippen molar-refractivity contribution < 1.29 is 28.7 Å². The molecule has 2 fully saturated rings. The van der Waals surface area contributed by atoms with E-state index in [1.807, 2.05) is 6.08 Å². The van der Waals surface area contributed by atoms with Gasteiger partial charge in [0.25, 0.3) is 11.8 Å². The number of hydrogen-bond donors (Lipinski definition) is 2. The third kappa shape index (κ3) is 5.12. The molecule has 1 saturated carbocycles. The zero-order valence-electron chi connectivity index (χ0n) is 19.0. The average molecular weight is 507 g/mol. The zero-order chi connectivity index (χ0) is 24.6. The van der Waals surface area contributed by atoms with E-state index in [9.17, 15) is 19.2 Å². The van der Waals surface area contributed by atoms with Crippen LogP contribution in [0, 0.1) is 11.3 Å².